The predicted molar refractivity (Wildman–Crippen MR) is 119 cm³/mol. The quantitative estimate of drug-likeness (QED) is 0.345. The summed E-state index contributed by atoms with van der Waals surface area (Å²) in [6.45, 7) is 13.0. The van der Waals surface area contributed by atoms with Gasteiger partial charge < -0.3 is 19.5 Å². The van der Waals surface area contributed by atoms with Crippen LogP contribution < -0.4 is 5.32 Å². The van der Waals surface area contributed by atoms with Gasteiger partial charge in [-0.25, -0.2) is 9.78 Å². The molecule has 0 unspecified atom stereocenters. The first kappa shape index (κ1) is 22.7. The number of fused-ring (bicyclic) bond motifs is 1. The summed E-state index contributed by atoms with van der Waals surface area (Å²) >= 11 is 0. The lowest BCUT2D eigenvalue weighted by molar-refractivity contribution is 0.0398. The van der Waals surface area contributed by atoms with E-state index in [2.05, 4.69) is 39.8 Å². The van der Waals surface area contributed by atoms with Crippen molar-refractivity contribution in [2.75, 3.05) is 58.4 Å². The van der Waals surface area contributed by atoms with Gasteiger partial charge in [0.15, 0.2) is 5.65 Å². The first-order chi connectivity index (χ1) is 14.4. The zero-order valence-corrected chi connectivity index (χ0v) is 19.4. The smallest absolute Gasteiger partial charge is 0.340 e. The number of methoxy groups -OCH3 is 1. The number of carbonyl (C=O) groups is 1. The van der Waals surface area contributed by atoms with Crippen LogP contribution in [0.15, 0.2) is 12.3 Å². The van der Waals surface area contributed by atoms with E-state index < -0.39 is 14.0 Å². The molecular weight excluding hydrogens is 402 g/mol. The van der Waals surface area contributed by atoms with Gasteiger partial charge >= 0.3 is 5.97 Å². The van der Waals surface area contributed by atoms with E-state index >= 15 is 0 Å². The lowest BCUT2D eigenvalue weighted by atomic mass is 10.2. The number of carbonyl (C=O) groups excluding carboxylic acids is 1. The number of imidazole rings is 1. The zero-order chi connectivity index (χ0) is 21.6. The number of morpholine rings is 1. The van der Waals surface area contributed by atoms with Crippen LogP contribution >= 0.6 is 0 Å². The number of nitrogens with one attached hydrogen (secondary N) is 1. The van der Waals surface area contributed by atoms with Crippen LogP contribution in [-0.2, 0) is 20.9 Å². The van der Waals surface area contributed by atoms with Crippen molar-refractivity contribution in [3.05, 3.63) is 17.8 Å². The van der Waals surface area contributed by atoms with Gasteiger partial charge in [-0.05, 0) is 12.1 Å². The van der Waals surface area contributed by atoms with Gasteiger partial charge in [0.1, 0.15) is 12.2 Å². The van der Waals surface area contributed by atoms with Crippen LogP contribution in [0.3, 0.4) is 0 Å². The van der Waals surface area contributed by atoms with Crippen molar-refractivity contribution in [1.29, 1.82) is 0 Å². The second kappa shape index (κ2) is 10.3. The van der Waals surface area contributed by atoms with Gasteiger partial charge in [0, 0.05) is 47.1 Å². The third-order valence-corrected chi connectivity index (χ3v) is 6.78. The molecule has 3 heterocycles. The van der Waals surface area contributed by atoms with Crippen LogP contribution in [0, 0.1) is 0 Å². The maximum atomic E-state index is 12.3. The summed E-state index contributed by atoms with van der Waals surface area (Å²) in [4.78, 5) is 23.6. The third-order valence-electron chi connectivity index (χ3n) is 5.08. The van der Waals surface area contributed by atoms with E-state index in [0.717, 1.165) is 45.4 Å². The van der Waals surface area contributed by atoms with Gasteiger partial charge in [0.2, 0.25) is 5.95 Å². The van der Waals surface area contributed by atoms with E-state index in [9.17, 15) is 4.79 Å². The standard InChI is InChI=1S/C20H33N5O4Si/c1-27-19(26)16-5-6-21-18-17(16)25(15-29-13-14-30(2,3)4)20(23-18)22-7-8-24-9-11-28-12-10-24/h5-6H,7-15H2,1-4H3,(H,21,22,23). The molecule has 2 aromatic rings. The van der Waals surface area contributed by atoms with Crippen LogP contribution in [-0.4, -0.2) is 86.6 Å². The Hall–Kier alpha value is -2.01. The number of anilines is 1. The molecule has 0 spiro atoms. The monoisotopic (exact) mass is 435 g/mol. The first-order valence-corrected chi connectivity index (χ1v) is 14.1. The molecule has 1 aliphatic rings. The molecule has 0 aromatic carbocycles. The van der Waals surface area contributed by atoms with Crippen molar-refractivity contribution in [1.82, 2.24) is 19.4 Å². The molecule has 10 heteroatoms. The number of nitrogens with zero attached hydrogens (tertiary/aromatic N) is 4. The molecule has 9 nitrogen and oxygen atoms in total. The molecule has 30 heavy (non-hydrogen) atoms. The van der Waals surface area contributed by atoms with Crippen molar-refractivity contribution >= 4 is 31.2 Å². The second-order valence-electron chi connectivity index (χ2n) is 8.61. The number of hydrogen-bond donors (Lipinski definition) is 1. The largest absolute Gasteiger partial charge is 0.465 e. The van der Waals surface area contributed by atoms with Crippen molar-refractivity contribution in [2.24, 2.45) is 0 Å². The van der Waals surface area contributed by atoms with Gasteiger partial charge in [0.05, 0.1) is 25.9 Å². The molecule has 1 fully saturated rings. The minimum atomic E-state index is -1.19. The SMILES string of the molecule is COC(=O)c1ccnc2nc(NCCN3CCOCC3)n(COCC[Si](C)(C)C)c12. The highest BCUT2D eigenvalue weighted by Crippen LogP contribution is 2.23. The van der Waals surface area contributed by atoms with E-state index in [1.165, 1.54) is 7.11 Å². The van der Waals surface area contributed by atoms with Gasteiger partial charge in [-0.2, -0.15) is 4.98 Å². The predicted octanol–water partition coefficient (Wildman–Crippen LogP) is 2.27. The molecule has 1 aliphatic heterocycles. The zero-order valence-electron chi connectivity index (χ0n) is 18.4. The number of hydrogen-bond acceptors (Lipinski definition) is 8. The van der Waals surface area contributed by atoms with Crippen molar-refractivity contribution in [2.45, 2.75) is 32.4 Å². The second-order valence-corrected chi connectivity index (χ2v) is 14.2. The Morgan fingerprint density at radius 2 is 2.07 bits per heavy atom. The summed E-state index contributed by atoms with van der Waals surface area (Å²) in [5, 5.41) is 3.40. The van der Waals surface area contributed by atoms with Crippen LogP contribution in [0.1, 0.15) is 10.4 Å². The summed E-state index contributed by atoms with van der Waals surface area (Å²) in [6, 6.07) is 2.73. The molecule has 0 radical (unpaired) electrons. The van der Waals surface area contributed by atoms with Gasteiger partial charge in [-0.15, -0.1) is 0 Å². The summed E-state index contributed by atoms with van der Waals surface area (Å²) in [5.74, 6) is 0.237. The summed E-state index contributed by atoms with van der Waals surface area (Å²) in [5.41, 5.74) is 1.57. The summed E-state index contributed by atoms with van der Waals surface area (Å²) in [7, 11) is 0.187. The maximum absolute atomic E-state index is 12.3. The Morgan fingerprint density at radius 1 is 1.30 bits per heavy atom. The van der Waals surface area contributed by atoms with Crippen molar-refractivity contribution in [3.8, 4) is 0 Å². The van der Waals surface area contributed by atoms with E-state index in [4.69, 9.17) is 14.2 Å². The van der Waals surface area contributed by atoms with Crippen LogP contribution in [0.4, 0.5) is 5.95 Å². The third kappa shape index (κ3) is 6.00. The molecule has 1 N–H and O–H groups in total. The maximum Gasteiger partial charge on any atom is 0.340 e. The van der Waals surface area contributed by atoms with Crippen LogP contribution in [0.2, 0.25) is 25.7 Å². The fourth-order valence-corrected chi connectivity index (χ4v) is 4.03. The molecule has 0 aliphatic carbocycles. The topological polar surface area (TPSA) is 90.7 Å². The fraction of sp³-hybridized carbons (Fsp3) is 0.650. The molecular formula is C20H33N5O4Si. The summed E-state index contributed by atoms with van der Waals surface area (Å²) in [6.07, 6.45) is 1.58. The summed E-state index contributed by atoms with van der Waals surface area (Å²) < 4.78 is 18.2. The molecule has 0 bridgehead atoms. The Bertz CT molecular complexity index is 846. The molecule has 1 saturated heterocycles. The highest BCUT2D eigenvalue weighted by atomic mass is 28.3. The van der Waals surface area contributed by atoms with E-state index in [-0.39, 0.29) is 0 Å². The Kier molecular flexibility index (Phi) is 7.81. The van der Waals surface area contributed by atoms with Gasteiger partial charge in [0.25, 0.3) is 0 Å². The molecule has 3 rings (SSSR count). The minimum absolute atomic E-state index is 0.302. The highest BCUT2D eigenvalue weighted by Gasteiger charge is 2.20. The molecule has 166 valence electrons. The lowest BCUT2D eigenvalue weighted by Crippen LogP contribution is -2.39. The number of esters is 1. The Balaban J connectivity index is 1.78. The number of pyridine rings is 1. The minimum Gasteiger partial charge on any atom is -0.465 e. The van der Waals surface area contributed by atoms with Crippen molar-refractivity contribution in [3.63, 3.8) is 0 Å². The normalized spacial score (nSPS) is 15.5. The molecule has 0 saturated carbocycles. The molecule has 2 aromatic heterocycles. The van der Waals surface area contributed by atoms with Gasteiger partial charge in [-0.1, -0.05) is 19.6 Å². The number of ether oxygens (including phenoxy) is 3. The van der Waals surface area contributed by atoms with Crippen molar-refractivity contribution < 1.29 is 19.0 Å². The number of rotatable bonds is 10. The first-order valence-electron chi connectivity index (χ1n) is 10.4. The number of aromatic nitrogens is 3. The van der Waals surface area contributed by atoms with Crippen LogP contribution in [0.25, 0.3) is 11.2 Å². The highest BCUT2D eigenvalue weighted by molar-refractivity contribution is 6.76. The Morgan fingerprint density at radius 3 is 2.77 bits per heavy atom. The average molecular weight is 436 g/mol. The van der Waals surface area contributed by atoms with E-state index in [1.54, 1.807) is 12.3 Å². The van der Waals surface area contributed by atoms with E-state index in [1.807, 2.05) is 4.57 Å². The Labute approximate surface area is 178 Å². The van der Waals surface area contributed by atoms with E-state index in [0.29, 0.717) is 36.0 Å². The molecule has 0 atom stereocenters. The lowest BCUT2D eigenvalue weighted by Gasteiger charge is -2.26. The fourth-order valence-electron chi connectivity index (χ4n) is 3.28. The van der Waals surface area contributed by atoms with Gasteiger partial charge in [-0.3, -0.25) is 9.47 Å². The average Bonchev–Trinajstić information content (AvgIpc) is 3.08. The molecule has 0 amide bonds. The van der Waals surface area contributed by atoms with Crippen LogP contribution in [0.5, 0.6) is 0 Å².